The number of nitrogens with zero attached hydrogens (tertiary/aromatic N) is 2. The number of aryl methyl sites for hydroxylation is 2. The number of halogens is 5. The van der Waals surface area contributed by atoms with E-state index in [4.69, 9.17) is 0 Å². The topological polar surface area (TPSA) is 89.0 Å². The van der Waals surface area contributed by atoms with Gasteiger partial charge < -0.3 is 10.1 Å². The van der Waals surface area contributed by atoms with E-state index < -0.39 is 36.1 Å². The fraction of sp³-hybridized carbons (Fsp3) is 0.286. The van der Waals surface area contributed by atoms with Gasteiger partial charge in [0.1, 0.15) is 4.83 Å². The van der Waals surface area contributed by atoms with E-state index in [9.17, 15) is 31.5 Å². The lowest BCUT2D eigenvalue weighted by Crippen LogP contribution is -2.20. The Morgan fingerprint density at radius 3 is 2.57 bits per heavy atom. The fourth-order valence-electron chi connectivity index (χ4n) is 3.45. The average molecular weight is 533 g/mol. The van der Waals surface area contributed by atoms with Crippen molar-refractivity contribution in [2.24, 2.45) is 7.05 Å². The minimum absolute atomic E-state index is 0.0419. The standard InChI is InChI=1S/C21H17F5N4O3S2/c1-3-14-10(16-18(35-14)29-30(2)19(16)32)6-15(31)28-20-27-13(7-34-20)9-4-11(22)17(12(23)5-9)33-8-21(24,25)26/h4-5,7,29H,3,6,8H2,1-2H3,(H,27,28,31). The molecular formula is C21H17F5N4O3S2. The van der Waals surface area contributed by atoms with E-state index in [0.29, 0.717) is 22.2 Å². The molecule has 0 spiro atoms. The Balaban J connectivity index is 1.51. The van der Waals surface area contributed by atoms with E-state index in [2.05, 4.69) is 20.1 Å². The van der Waals surface area contributed by atoms with Crippen molar-refractivity contribution in [3.8, 4) is 17.0 Å². The Labute approximate surface area is 202 Å². The Morgan fingerprint density at radius 2 is 1.94 bits per heavy atom. The maximum atomic E-state index is 14.2. The first-order valence-corrected chi connectivity index (χ1v) is 11.8. The summed E-state index contributed by atoms with van der Waals surface area (Å²) in [6, 6.07) is 1.60. The largest absolute Gasteiger partial charge is 0.478 e. The molecule has 0 fully saturated rings. The van der Waals surface area contributed by atoms with Crippen molar-refractivity contribution in [2.75, 3.05) is 11.9 Å². The molecule has 14 heteroatoms. The van der Waals surface area contributed by atoms with Crippen LogP contribution < -0.4 is 15.6 Å². The van der Waals surface area contributed by atoms with Gasteiger partial charge in [0.05, 0.1) is 17.5 Å². The number of alkyl halides is 3. The van der Waals surface area contributed by atoms with Crippen LogP contribution in [0, 0.1) is 11.6 Å². The highest BCUT2D eigenvalue weighted by atomic mass is 32.1. The number of thiazole rings is 1. The molecule has 186 valence electrons. The zero-order valence-electron chi connectivity index (χ0n) is 18.2. The van der Waals surface area contributed by atoms with Crippen molar-refractivity contribution >= 4 is 43.9 Å². The first-order valence-electron chi connectivity index (χ1n) is 10.1. The van der Waals surface area contributed by atoms with E-state index in [-0.39, 0.29) is 28.4 Å². The van der Waals surface area contributed by atoms with Gasteiger partial charge in [0, 0.05) is 22.9 Å². The third-order valence-electron chi connectivity index (χ3n) is 4.96. The number of benzene rings is 1. The molecule has 1 aromatic carbocycles. The van der Waals surface area contributed by atoms with Crippen molar-refractivity contribution in [3.05, 3.63) is 49.9 Å². The first kappa shape index (κ1) is 24.9. The van der Waals surface area contributed by atoms with Crippen LogP contribution in [0.15, 0.2) is 22.3 Å². The number of H-pyrrole nitrogens is 1. The molecule has 7 nitrogen and oxygen atoms in total. The summed E-state index contributed by atoms with van der Waals surface area (Å²) in [7, 11) is 1.59. The minimum Gasteiger partial charge on any atom is -0.478 e. The zero-order valence-corrected chi connectivity index (χ0v) is 19.8. The molecule has 2 N–H and O–H groups in total. The maximum Gasteiger partial charge on any atom is 0.422 e. The summed E-state index contributed by atoms with van der Waals surface area (Å²) >= 11 is 2.40. The Bertz CT molecular complexity index is 1440. The van der Waals surface area contributed by atoms with Crippen LogP contribution in [0.3, 0.4) is 0 Å². The summed E-state index contributed by atoms with van der Waals surface area (Å²) in [4.78, 5) is 30.8. The highest BCUT2D eigenvalue weighted by molar-refractivity contribution is 7.18. The molecular weight excluding hydrogens is 515 g/mol. The third kappa shape index (κ3) is 5.22. The summed E-state index contributed by atoms with van der Waals surface area (Å²) in [6.45, 7) is 0.0828. The molecule has 0 radical (unpaired) electrons. The second-order valence-corrected chi connectivity index (χ2v) is 9.44. The molecule has 0 aliphatic heterocycles. The van der Waals surface area contributed by atoms with Crippen LogP contribution in [0.1, 0.15) is 17.4 Å². The van der Waals surface area contributed by atoms with Gasteiger partial charge in [-0.3, -0.25) is 19.4 Å². The number of aromatic amines is 1. The van der Waals surface area contributed by atoms with Gasteiger partial charge in [0.25, 0.3) is 5.56 Å². The van der Waals surface area contributed by atoms with Gasteiger partial charge >= 0.3 is 6.18 Å². The normalized spacial score (nSPS) is 11.9. The SMILES string of the molecule is CCc1sc2[nH]n(C)c(=O)c2c1CC(=O)Nc1nc(-c2cc(F)c(OCC(F)(F)F)c(F)c2)cs1. The molecule has 1 amide bonds. The number of anilines is 1. The number of ether oxygens (including phenoxy) is 1. The van der Waals surface area contributed by atoms with Gasteiger partial charge in [-0.05, 0) is 24.1 Å². The molecule has 35 heavy (non-hydrogen) atoms. The maximum absolute atomic E-state index is 14.2. The predicted molar refractivity (Wildman–Crippen MR) is 122 cm³/mol. The molecule has 3 heterocycles. The van der Waals surface area contributed by atoms with Gasteiger partial charge in [-0.15, -0.1) is 22.7 Å². The highest BCUT2D eigenvalue weighted by Gasteiger charge is 2.30. The number of aromatic nitrogens is 3. The smallest absolute Gasteiger partial charge is 0.422 e. The van der Waals surface area contributed by atoms with E-state index in [0.717, 1.165) is 28.3 Å². The molecule has 0 aliphatic rings. The Kier molecular flexibility index (Phi) is 6.68. The lowest BCUT2D eigenvalue weighted by Gasteiger charge is -2.11. The Morgan fingerprint density at radius 1 is 1.26 bits per heavy atom. The van der Waals surface area contributed by atoms with Gasteiger partial charge in [0.2, 0.25) is 5.91 Å². The van der Waals surface area contributed by atoms with Crippen molar-refractivity contribution in [1.82, 2.24) is 14.8 Å². The summed E-state index contributed by atoms with van der Waals surface area (Å²) in [6.07, 6.45) is -4.18. The molecule has 0 saturated heterocycles. The van der Waals surface area contributed by atoms with E-state index in [1.165, 1.54) is 21.4 Å². The molecule has 0 atom stereocenters. The third-order valence-corrected chi connectivity index (χ3v) is 7.00. The van der Waals surface area contributed by atoms with Crippen molar-refractivity contribution < 1.29 is 31.5 Å². The molecule has 0 bridgehead atoms. The molecule has 4 rings (SSSR count). The van der Waals surface area contributed by atoms with Crippen LogP contribution >= 0.6 is 22.7 Å². The first-order chi connectivity index (χ1) is 16.5. The van der Waals surface area contributed by atoms with Crippen molar-refractivity contribution in [2.45, 2.75) is 25.9 Å². The van der Waals surface area contributed by atoms with Crippen molar-refractivity contribution in [3.63, 3.8) is 0 Å². The number of thiophene rings is 1. The lowest BCUT2D eigenvalue weighted by atomic mass is 10.1. The number of nitrogens with one attached hydrogen (secondary N) is 2. The van der Waals surface area contributed by atoms with E-state index in [1.54, 1.807) is 7.05 Å². The number of hydrogen-bond acceptors (Lipinski definition) is 6. The molecule has 0 unspecified atom stereocenters. The molecule has 3 aromatic heterocycles. The summed E-state index contributed by atoms with van der Waals surface area (Å²) in [5, 5.41) is 7.60. The number of amides is 1. The second-order valence-electron chi connectivity index (χ2n) is 7.47. The van der Waals surface area contributed by atoms with Crippen LogP contribution in [-0.2, 0) is 24.7 Å². The number of fused-ring (bicyclic) bond motifs is 1. The number of carbonyl (C=O) groups excluding carboxylic acids is 1. The summed E-state index contributed by atoms with van der Waals surface area (Å²) in [5.41, 5.74) is 0.459. The fourth-order valence-corrected chi connectivity index (χ4v) is 5.37. The lowest BCUT2D eigenvalue weighted by molar-refractivity contribution is -0.154. The van der Waals surface area contributed by atoms with Crippen LogP contribution in [0.4, 0.5) is 27.1 Å². The monoisotopic (exact) mass is 532 g/mol. The molecule has 0 saturated carbocycles. The van der Waals surface area contributed by atoms with Crippen LogP contribution in [0.5, 0.6) is 5.75 Å². The van der Waals surface area contributed by atoms with Crippen LogP contribution in [0.25, 0.3) is 21.5 Å². The van der Waals surface area contributed by atoms with Crippen LogP contribution in [0.2, 0.25) is 0 Å². The summed E-state index contributed by atoms with van der Waals surface area (Å²) in [5.74, 6) is -4.20. The second kappa shape index (κ2) is 9.41. The number of rotatable bonds is 7. The quantitative estimate of drug-likeness (QED) is 0.328. The average Bonchev–Trinajstić information content (AvgIpc) is 3.43. The Hall–Kier alpha value is -3.26. The van der Waals surface area contributed by atoms with Crippen LogP contribution in [-0.4, -0.2) is 33.5 Å². The number of carbonyl (C=O) groups is 1. The van der Waals surface area contributed by atoms with Gasteiger partial charge in [-0.1, -0.05) is 6.92 Å². The van der Waals surface area contributed by atoms with Gasteiger partial charge in [-0.2, -0.15) is 13.2 Å². The number of hydrogen-bond donors (Lipinski definition) is 2. The minimum atomic E-state index is -4.75. The van der Waals surface area contributed by atoms with Gasteiger partial charge in [-0.25, -0.2) is 13.8 Å². The van der Waals surface area contributed by atoms with E-state index in [1.807, 2.05) is 6.92 Å². The van der Waals surface area contributed by atoms with E-state index >= 15 is 0 Å². The zero-order chi connectivity index (χ0) is 25.5. The molecule has 0 aliphatic carbocycles. The highest BCUT2D eigenvalue weighted by Crippen LogP contribution is 2.33. The predicted octanol–water partition coefficient (Wildman–Crippen LogP) is 5.01. The van der Waals surface area contributed by atoms with Crippen molar-refractivity contribution in [1.29, 1.82) is 0 Å². The molecule has 4 aromatic rings. The summed E-state index contributed by atoms with van der Waals surface area (Å²) < 4.78 is 70.8. The van der Waals surface area contributed by atoms with Gasteiger partial charge in [0.15, 0.2) is 29.1 Å².